The first kappa shape index (κ1) is 19.6. The molecule has 7 nitrogen and oxygen atoms in total. The van der Waals surface area contributed by atoms with E-state index in [1.807, 2.05) is 31.2 Å². The van der Waals surface area contributed by atoms with Gasteiger partial charge in [-0.3, -0.25) is 4.98 Å². The summed E-state index contributed by atoms with van der Waals surface area (Å²) in [5.74, 6) is 0.185. The Labute approximate surface area is 173 Å². The minimum absolute atomic E-state index is 0.134. The van der Waals surface area contributed by atoms with E-state index in [4.69, 9.17) is 9.47 Å². The Bertz CT molecular complexity index is 1220. The van der Waals surface area contributed by atoms with Crippen LogP contribution >= 0.6 is 0 Å². The lowest BCUT2D eigenvalue weighted by atomic mass is 9.98. The summed E-state index contributed by atoms with van der Waals surface area (Å²) >= 11 is 0. The van der Waals surface area contributed by atoms with Crippen LogP contribution in [0.25, 0.3) is 22.2 Å². The number of carbonyl (C=O) groups is 1. The number of pyridine rings is 2. The van der Waals surface area contributed by atoms with Gasteiger partial charge >= 0.3 is 5.97 Å². The first-order chi connectivity index (χ1) is 14.5. The molecule has 0 spiro atoms. The highest BCUT2D eigenvalue weighted by atomic mass is 16.5. The fourth-order valence-electron chi connectivity index (χ4n) is 3.56. The van der Waals surface area contributed by atoms with Gasteiger partial charge in [0.2, 0.25) is 0 Å². The molecule has 1 atom stereocenters. The van der Waals surface area contributed by atoms with Crippen molar-refractivity contribution in [3.8, 4) is 17.0 Å². The van der Waals surface area contributed by atoms with E-state index in [1.165, 1.54) is 7.11 Å². The highest BCUT2D eigenvalue weighted by Gasteiger charge is 2.24. The van der Waals surface area contributed by atoms with Gasteiger partial charge < -0.3 is 19.6 Å². The lowest BCUT2D eigenvalue weighted by Gasteiger charge is -2.14. The summed E-state index contributed by atoms with van der Waals surface area (Å²) in [5.41, 5.74) is 4.43. The van der Waals surface area contributed by atoms with Crippen LogP contribution in [0, 0.1) is 6.92 Å². The number of esters is 1. The summed E-state index contributed by atoms with van der Waals surface area (Å²) in [7, 11) is 2.92. The molecule has 1 aromatic carbocycles. The van der Waals surface area contributed by atoms with Gasteiger partial charge in [-0.25, -0.2) is 9.78 Å². The smallest absolute Gasteiger partial charge is 0.356 e. The Hall–Kier alpha value is -3.71. The summed E-state index contributed by atoms with van der Waals surface area (Å²) in [6, 6.07) is 12.5. The quantitative estimate of drug-likeness (QED) is 0.492. The maximum Gasteiger partial charge on any atom is 0.356 e. The zero-order chi connectivity index (χ0) is 21.3. The summed E-state index contributed by atoms with van der Waals surface area (Å²) in [5, 5.41) is 12.2. The van der Waals surface area contributed by atoms with Gasteiger partial charge in [-0.2, -0.15) is 0 Å². The van der Waals surface area contributed by atoms with E-state index in [1.54, 1.807) is 37.7 Å². The predicted molar refractivity (Wildman–Crippen MR) is 112 cm³/mol. The molecule has 7 heteroatoms. The first-order valence-electron chi connectivity index (χ1n) is 9.37. The van der Waals surface area contributed by atoms with E-state index in [-0.39, 0.29) is 5.69 Å². The van der Waals surface area contributed by atoms with Crippen molar-refractivity contribution in [3.63, 3.8) is 0 Å². The van der Waals surface area contributed by atoms with Crippen LogP contribution in [0.2, 0.25) is 0 Å². The van der Waals surface area contributed by atoms with Crippen LogP contribution in [0.5, 0.6) is 5.75 Å². The fraction of sp³-hybridized carbons (Fsp3) is 0.174. The third kappa shape index (κ3) is 3.40. The Balaban J connectivity index is 1.94. The monoisotopic (exact) mass is 403 g/mol. The molecule has 0 saturated carbocycles. The average Bonchev–Trinajstić information content (AvgIpc) is 3.16. The molecule has 2 N–H and O–H groups in total. The van der Waals surface area contributed by atoms with Crippen LogP contribution in [0.4, 0.5) is 0 Å². The minimum atomic E-state index is -1.08. The zero-order valence-corrected chi connectivity index (χ0v) is 16.8. The number of aromatic nitrogens is 3. The molecule has 0 fully saturated rings. The molecule has 4 rings (SSSR count). The number of hydrogen-bond donors (Lipinski definition) is 2. The van der Waals surface area contributed by atoms with Crippen LogP contribution in [-0.4, -0.2) is 40.2 Å². The highest BCUT2D eigenvalue weighted by molar-refractivity contribution is 5.93. The van der Waals surface area contributed by atoms with E-state index in [0.717, 1.165) is 33.5 Å². The number of aliphatic hydroxyl groups excluding tert-OH is 1. The van der Waals surface area contributed by atoms with Crippen molar-refractivity contribution < 1.29 is 19.4 Å². The van der Waals surface area contributed by atoms with Gasteiger partial charge in [0.1, 0.15) is 17.5 Å². The van der Waals surface area contributed by atoms with Gasteiger partial charge in [0.05, 0.1) is 25.6 Å². The molecule has 4 aromatic rings. The number of carbonyl (C=O) groups excluding carboxylic acids is 1. The van der Waals surface area contributed by atoms with Gasteiger partial charge in [0.25, 0.3) is 0 Å². The van der Waals surface area contributed by atoms with E-state index in [0.29, 0.717) is 11.3 Å². The van der Waals surface area contributed by atoms with Crippen LogP contribution in [0.1, 0.15) is 33.4 Å². The summed E-state index contributed by atoms with van der Waals surface area (Å²) in [4.78, 5) is 23.8. The SMILES string of the molecule is COC(=O)c1cccc(C(O)c2c(-c3cccnc3)[nH]c3cc(OC)c(C)cc23)n1. The molecule has 0 aliphatic carbocycles. The van der Waals surface area contributed by atoms with Gasteiger partial charge in [-0.05, 0) is 42.8 Å². The highest BCUT2D eigenvalue weighted by Crippen LogP contribution is 2.39. The maximum atomic E-state index is 11.9. The van der Waals surface area contributed by atoms with Gasteiger partial charge in [-0.15, -0.1) is 0 Å². The number of nitrogens with one attached hydrogen (secondary N) is 1. The number of ether oxygens (including phenoxy) is 2. The molecule has 1 unspecified atom stereocenters. The number of aromatic amines is 1. The molecule has 0 radical (unpaired) electrons. The fourth-order valence-corrected chi connectivity index (χ4v) is 3.56. The molecule has 30 heavy (non-hydrogen) atoms. The Morgan fingerprint density at radius 1 is 1.17 bits per heavy atom. The summed E-state index contributed by atoms with van der Waals surface area (Å²) in [6.07, 6.45) is 2.34. The van der Waals surface area contributed by atoms with Crippen molar-refractivity contribution in [3.05, 3.63) is 77.4 Å². The molecule has 0 saturated heterocycles. The molecular weight excluding hydrogens is 382 g/mol. The summed E-state index contributed by atoms with van der Waals surface area (Å²) in [6.45, 7) is 1.95. The zero-order valence-electron chi connectivity index (χ0n) is 16.8. The number of rotatable bonds is 5. The molecule has 3 aromatic heterocycles. The van der Waals surface area contributed by atoms with Crippen LogP contribution in [0.15, 0.2) is 54.9 Å². The molecule has 0 aliphatic rings. The van der Waals surface area contributed by atoms with Gasteiger partial charge in [0.15, 0.2) is 0 Å². The van der Waals surface area contributed by atoms with Crippen molar-refractivity contribution in [2.45, 2.75) is 13.0 Å². The van der Waals surface area contributed by atoms with E-state index in [2.05, 4.69) is 15.0 Å². The van der Waals surface area contributed by atoms with Crippen molar-refractivity contribution in [2.24, 2.45) is 0 Å². The maximum absolute atomic E-state index is 11.9. The second kappa shape index (κ2) is 7.96. The second-order valence-electron chi connectivity index (χ2n) is 6.86. The number of aryl methyl sites for hydroxylation is 1. The largest absolute Gasteiger partial charge is 0.496 e. The third-order valence-corrected chi connectivity index (χ3v) is 5.02. The number of benzene rings is 1. The van der Waals surface area contributed by atoms with Crippen molar-refractivity contribution >= 4 is 16.9 Å². The minimum Gasteiger partial charge on any atom is -0.496 e. The number of H-pyrrole nitrogens is 1. The lowest BCUT2D eigenvalue weighted by Crippen LogP contribution is -2.09. The van der Waals surface area contributed by atoms with Gasteiger partial charge in [0, 0.05) is 40.5 Å². The van der Waals surface area contributed by atoms with E-state index < -0.39 is 12.1 Å². The molecule has 0 bridgehead atoms. The van der Waals surface area contributed by atoms with Crippen molar-refractivity contribution in [1.29, 1.82) is 0 Å². The van der Waals surface area contributed by atoms with Crippen LogP contribution in [-0.2, 0) is 4.74 Å². The topological polar surface area (TPSA) is 97.3 Å². The van der Waals surface area contributed by atoms with E-state index in [9.17, 15) is 9.90 Å². The standard InChI is InChI=1S/C23H21N3O4/c1-13-10-15-18(11-19(13)29-2)26-21(14-6-5-9-24-12-14)20(15)22(27)16-7-4-8-17(25-16)23(28)30-3/h4-12,22,26-27H,1-3H3. The Morgan fingerprint density at radius 2 is 2.00 bits per heavy atom. The van der Waals surface area contributed by atoms with Crippen LogP contribution < -0.4 is 4.74 Å². The molecular formula is C23H21N3O4. The number of nitrogens with zero attached hydrogens (tertiary/aromatic N) is 2. The number of fused-ring (bicyclic) bond motifs is 1. The molecule has 0 amide bonds. The second-order valence-corrected chi connectivity index (χ2v) is 6.86. The lowest BCUT2D eigenvalue weighted by molar-refractivity contribution is 0.0593. The van der Waals surface area contributed by atoms with Gasteiger partial charge in [-0.1, -0.05) is 6.07 Å². The number of methoxy groups -OCH3 is 2. The molecule has 152 valence electrons. The first-order valence-corrected chi connectivity index (χ1v) is 9.37. The third-order valence-electron chi connectivity index (χ3n) is 5.02. The number of hydrogen-bond acceptors (Lipinski definition) is 6. The molecule has 3 heterocycles. The van der Waals surface area contributed by atoms with Crippen molar-refractivity contribution in [2.75, 3.05) is 14.2 Å². The number of aliphatic hydroxyl groups is 1. The molecule has 0 aliphatic heterocycles. The Kier molecular flexibility index (Phi) is 5.20. The Morgan fingerprint density at radius 3 is 2.70 bits per heavy atom. The normalized spacial score (nSPS) is 12.0. The van der Waals surface area contributed by atoms with Crippen LogP contribution in [0.3, 0.4) is 0 Å². The van der Waals surface area contributed by atoms with E-state index >= 15 is 0 Å². The summed E-state index contributed by atoms with van der Waals surface area (Å²) < 4.78 is 10.2. The predicted octanol–water partition coefficient (Wildman–Crippen LogP) is 3.81. The van der Waals surface area contributed by atoms with Crippen molar-refractivity contribution in [1.82, 2.24) is 15.0 Å². The average molecular weight is 403 g/mol.